The number of anilines is 3. The van der Waals surface area contributed by atoms with Crippen molar-refractivity contribution in [3.05, 3.63) is 83.9 Å². The predicted molar refractivity (Wildman–Crippen MR) is 131 cm³/mol. The highest BCUT2D eigenvalue weighted by Crippen LogP contribution is 2.35. The van der Waals surface area contributed by atoms with Crippen LogP contribution in [0.1, 0.15) is 6.42 Å². The number of rotatable bonds is 5. The van der Waals surface area contributed by atoms with E-state index in [1.165, 1.54) is 16.7 Å². The quantitative estimate of drug-likeness (QED) is 0.377. The Morgan fingerprint density at radius 1 is 0.935 bits per heavy atom. The summed E-state index contributed by atoms with van der Waals surface area (Å²) in [4.78, 5) is 27.4. The number of carbonyl (C=O) groups excluding carboxylic acids is 2. The zero-order valence-electron chi connectivity index (χ0n) is 16.2. The molecule has 1 aliphatic rings. The molecule has 0 spiro atoms. The van der Waals surface area contributed by atoms with Crippen LogP contribution >= 0.6 is 35.6 Å². The van der Waals surface area contributed by atoms with E-state index in [9.17, 15) is 9.59 Å². The van der Waals surface area contributed by atoms with Gasteiger partial charge >= 0.3 is 0 Å². The van der Waals surface area contributed by atoms with E-state index in [0.29, 0.717) is 15.8 Å². The molecular formula is C23H18ClN3O2S2. The van der Waals surface area contributed by atoms with Crippen LogP contribution in [0.15, 0.2) is 83.8 Å². The van der Waals surface area contributed by atoms with Gasteiger partial charge in [-0.3, -0.25) is 9.59 Å². The van der Waals surface area contributed by atoms with Gasteiger partial charge in [-0.05, 0) is 66.8 Å². The number of halogens is 1. The number of thiocarbonyl (C=S) groups is 1. The van der Waals surface area contributed by atoms with Crippen LogP contribution in [0.25, 0.3) is 0 Å². The van der Waals surface area contributed by atoms with Crippen LogP contribution in [-0.4, -0.2) is 22.2 Å². The van der Waals surface area contributed by atoms with Crippen molar-refractivity contribution >= 4 is 69.6 Å². The second kappa shape index (κ2) is 9.51. The van der Waals surface area contributed by atoms with Gasteiger partial charge in [0.15, 0.2) is 5.11 Å². The molecule has 1 aliphatic heterocycles. The van der Waals surface area contributed by atoms with Crippen LogP contribution in [0.5, 0.6) is 0 Å². The van der Waals surface area contributed by atoms with Gasteiger partial charge in [0, 0.05) is 27.7 Å². The number of imide groups is 1. The summed E-state index contributed by atoms with van der Waals surface area (Å²) in [6, 6.07) is 24.0. The van der Waals surface area contributed by atoms with Crippen molar-refractivity contribution in [2.75, 3.05) is 15.5 Å². The molecule has 0 bridgehead atoms. The number of thioether (sulfide) groups is 1. The maximum Gasteiger partial charge on any atom is 0.247 e. The second-order valence-corrected chi connectivity index (χ2v) is 8.95. The number of amides is 2. The van der Waals surface area contributed by atoms with Gasteiger partial charge in [-0.25, -0.2) is 4.90 Å². The van der Waals surface area contributed by atoms with Crippen LogP contribution in [0.3, 0.4) is 0 Å². The van der Waals surface area contributed by atoms with E-state index in [0.717, 1.165) is 16.3 Å². The molecule has 4 rings (SSSR count). The molecule has 0 aromatic heterocycles. The average molecular weight is 468 g/mol. The van der Waals surface area contributed by atoms with E-state index in [2.05, 4.69) is 10.6 Å². The Morgan fingerprint density at radius 3 is 2.29 bits per heavy atom. The first-order valence-corrected chi connectivity index (χ1v) is 11.2. The van der Waals surface area contributed by atoms with E-state index in [1.807, 2.05) is 54.6 Å². The molecule has 1 fully saturated rings. The summed E-state index contributed by atoms with van der Waals surface area (Å²) in [7, 11) is 0. The molecule has 1 heterocycles. The predicted octanol–water partition coefficient (Wildman–Crippen LogP) is 5.57. The molecule has 3 aromatic carbocycles. The van der Waals surface area contributed by atoms with Crippen LogP contribution in [0.2, 0.25) is 5.02 Å². The third-order valence-electron chi connectivity index (χ3n) is 4.59. The van der Waals surface area contributed by atoms with Gasteiger partial charge in [0.25, 0.3) is 0 Å². The standard InChI is InChI=1S/C23H18ClN3O2S2/c24-15-5-4-8-18(13-15)27-21(28)14-20(22(27)29)31-19-11-9-17(10-12-19)26-23(30)25-16-6-2-1-3-7-16/h1-13,20H,14H2,(H2,25,26,30)/t20-/m0/s1. The summed E-state index contributed by atoms with van der Waals surface area (Å²) in [5, 5.41) is 6.75. The summed E-state index contributed by atoms with van der Waals surface area (Å²) in [6.45, 7) is 0. The van der Waals surface area contributed by atoms with Gasteiger partial charge in [0.1, 0.15) is 0 Å². The minimum absolute atomic E-state index is 0.154. The lowest BCUT2D eigenvalue weighted by atomic mass is 10.3. The van der Waals surface area contributed by atoms with Crippen molar-refractivity contribution in [1.29, 1.82) is 0 Å². The molecule has 3 aromatic rings. The summed E-state index contributed by atoms with van der Waals surface area (Å²) < 4.78 is 0. The number of nitrogens with zero attached hydrogens (tertiary/aromatic N) is 1. The van der Waals surface area contributed by atoms with Crippen LogP contribution in [0, 0.1) is 0 Å². The Hall–Kier alpha value is -2.87. The average Bonchev–Trinajstić information content (AvgIpc) is 3.03. The molecule has 1 saturated heterocycles. The second-order valence-electron chi connectivity index (χ2n) is 6.83. The third kappa shape index (κ3) is 5.25. The Balaban J connectivity index is 1.37. The molecule has 8 heteroatoms. The molecule has 156 valence electrons. The van der Waals surface area contributed by atoms with E-state index in [-0.39, 0.29) is 18.2 Å². The lowest BCUT2D eigenvalue weighted by molar-refractivity contribution is -0.121. The fourth-order valence-corrected chi connectivity index (χ4v) is 4.65. The molecule has 1 atom stereocenters. The summed E-state index contributed by atoms with van der Waals surface area (Å²) >= 11 is 12.7. The zero-order chi connectivity index (χ0) is 21.8. The summed E-state index contributed by atoms with van der Waals surface area (Å²) in [5.74, 6) is -0.451. The van der Waals surface area contributed by atoms with Gasteiger partial charge < -0.3 is 10.6 Å². The minimum atomic E-state index is -0.467. The van der Waals surface area contributed by atoms with Crippen LogP contribution < -0.4 is 15.5 Å². The molecule has 2 amide bonds. The molecule has 31 heavy (non-hydrogen) atoms. The van der Waals surface area contributed by atoms with E-state index in [1.54, 1.807) is 24.3 Å². The highest BCUT2D eigenvalue weighted by molar-refractivity contribution is 8.00. The number of nitrogens with one attached hydrogen (secondary N) is 2. The smallest absolute Gasteiger partial charge is 0.247 e. The van der Waals surface area contributed by atoms with Gasteiger partial charge in [-0.2, -0.15) is 0 Å². The molecule has 2 N–H and O–H groups in total. The SMILES string of the molecule is O=C1C[C@H](Sc2ccc(NC(=S)Nc3ccccc3)cc2)C(=O)N1c1cccc(Cl)c1. The molecular weight excluding hydrogens is 450 g/mol. The topological polar surface area (TPSA) is 61.4 Å². The van der Waals surface area contributed by atoms with Crippen molar-refractivity contribution in [1.82, 2.24) is 0 Å². The lowest BCUT2D eigenvalue weighted by Gasteiger charge is -2.15. The third-order valence-corrected chi connectivity index (χ3v) is 6.23. The highest BCUT2D eigenvalue weighted by Gasteiger charge is 2.40. The van der Waals surface area contributed by atoms with Crippen molar-refractivity contribution in [2.45, 2.75) is 16.6 Å². The van der Waals surface area contributed by atoms with E-state index in [4.69, 9.17) is 23.8 Å². The van der Waals surface area contributed by atoms with Crippen molar-refractivity contribution in [3.63, 3.8) is 0 Å². The fraction of sp³-hybridized carbons (Fsp3) is 0.0870. The number of benzene rings is 3. The molecule has 0 radical (unpaired) electrons. The summed E-state index contributed by atoms with van der Waals surface area (Å²) in [6.07, 6.45) is 0.154. The zero-order valence-corrected chi connectivity index (χ0v) is 18.6. The molecule has 5 nitrogen and oxygen atoms in total. The van der Waals surface area contributed by atoms with Gasteiger partial charge in [-0.15, -0.1) is 11.8 Å². The lowest BCUT2D eigenvalue weighted by Crippen LogP contribution is -2.31. The number of para-hydroxylation sites is 1. The minimum Gasteiger partial charge on any atom is -0.332 e. The summed E-state index contributed by atoms with van der Waals surface area (Å²) in [5.41, 5.74) is 2.23. The van der Waals surface area contributed by atoms with E-state index >= 15 is 0 Å². The first-order chi connectivity index (χ1) is 15.0. The first-order valence-electron chi connectivity index (χ1n) is 9.52. The molecule has 0 unspecified atom stereocenters. The van der Waals surface area contributed by atoms with Crippen molar-refractivity contribution in [3.8, 4) is 0 Å². The van der Waals surface area contributed by atoms with Gasteiger partial charge in [-0.1, -0.05) is 35.9 Å². The Labute approximate surface area is 194 Å². The number of carbonyl (C=O) groups is 2. The number of hydrogen-bond acceptors (Lipinski definition) is 4. The number of hydrogen-bond donors (Lipinski definition) is 2. The largest absolute Gasteiger partial charge is 0.332 e. The monoisotopic (exact) mass is 467 g/mol. The van der Waals surface area contributed by atoms with Crippen molar-refractivity contribution in [2.24, 2.45) is 0 Å². The van der Waals surface area contributed by atoms with E-state index < -0.39 is 5.25 Å². The Kier molecular flexibility index (Phi) is 6.56. The van der Waals surface area contributed by atoms with Crippen LogP contribution in [-0.2, 0) is 9.59 Å². The van der Waals surface area contributed by atoms with Crippen molar-refractivity contribution < 1.29 is 9.59 Å². The molecule has 0 saturated carbocycles. The normalized spacial score (nSPS) is 15.8. The first kappa shape index (κ1) is 21.4. The maximum atomic E-state index is 12.8. The Bertz CT molecular complexity index is 1120. The van der Waals surface area contributed by atoms with Gasteiger partial charge in [0.2, 0.25) is 11.8 Å². The molecule has 0 aliphatic carbocycles. The highest BCUT2D eigenvalue weighted by atomic mass is 35.5. The maximum absolute atomic E-state index is 12.8. The van der Waals surface area contributed by atoms with Gasteiger partial charge in [0.05, 0.1) is 10.9 Å². The Morgan fingerprint density at radius 2 is 1.61 bits per heavy atom. The fourth-order valence-electron chi connectivity index (χ4n) is 3.18. The van der Waals surface area contributed by atoms with Crippen LogP contribution in [0.4, 0.5) is 17.1 Å².